The lowest BCUT2D eigenvalue weighted by molar-refractivity contribution is -0.0833. The molecule has 1 saturated heterocycles. The van der Waals surface area contributed by atoms with Crippen LogP contribution in [0.2, 0.25) is 0 Å². The molecule has 0 aromatic heterocycles. The molecule has 1 atom stereocenters. The maximum Gasteiger partial charge on any atom is 0.267 e. The number of alkyl halides is 2. The second kappa shape index (κ2) is 7.25. The van der Waals surface area contributed by atoms with Crippen molar-refractivity contribution in [3.63, 3.8) is 0 Å². The summed E-state index contributed by atoms with van der Waals surface area (Å²) in [7, 11) is 0. The monoisotopic (exact) mass is 327 g/mol. The number of halogens is 3. The van der Waals surface area contributed by atoms with Crippen molar-refractivity contribution in [2.75, 3.05) is 19.6 Å². The van der Waals surface area contributed by atoms with Crippen LogP contribution in [0.3, 0.4) is 0 Å². The predicted molar refractivity (Wildman–Crippen MR) is 88.7 cm³/mol. The quantitative estimate of drug-likeness (QED) is 0.698. The first-order valence-corrected chi connectivity index (χ1v) is 8.60. The van der Waals surface area contributed by atoms with Crippen LogP contribution in [-0.2, 0) is 0 Å². The Bertz CT molecular complexity index is 525. The molecule has 1 aromatic rings. The minimum Gasteiger partial charge on any atom is -0.297 e. The Morgan fingerprint density at radius 3 is 2.43 bits per heavy atom. The molecule has 0 aliphatic carbocycles. The summed E-state index contributed by atoms with van der Waals surface area (Å²) in [5, 5.41) is 0. The molecule has 0 N–H and O–H groups in total. The van der Waals surface area contributed by atoms with E-state index in [1.54, 1.807) is 12.1 Å². The smallest absolute Gasteiger partial charge is 0.267 e. The number of piperidine rings is 1. The highest BCUT2D eigenvalue weighted by Crippen LogP contribution is 2.41. The number of hydrogen-bond donors (Lipinski definition) is 0. The van der Waals surface area contributed by atoms with E-state index in [0.717, 1.165) is 6.42 Å². The van der Waals surface area contributed by atoms with E-state index in [4.69, 9.17) is 0 Å². The summed E-state index contributed by atoms with van der Waals surface area (Å²) in [5.41, 5.74) is 1.02. The molecular formula is C19H28F3N. The van der Waals surface area contributed by atoms with Gasteiger partial charge in [0.05, 0.1) is 12.5 Å². The Morgan fingerprint density at radius 1 is 1.22 bits per heavy atom. The molecule has 1 heterocycles. The topological polar surface area (TPSA) is 3.24 Å². The van der Waals surface area contributed by atoms with E-state index in [1.807, 2.05) is 18.7 Å². The molecule has 1 aliphatic heterocycles. The number of benzene rings is 1. The summed E-state index contributed by atoms with van der Waals surface area (Å²) < 4.78 is 43.3. The molecule has 23 heavy (non-hydrogen) atoms. The zero-order chi connectivity index (χ0) is 17.2. The van der Waals surface area contributed by atoms with Crippen LogP contribution in [0, 0.1) is 11.7 Å². The first kappa shape index (κ1) is 18.3. The SMILES string of the molecule is CC(C)CCN1CC[C@@H](c2ccc(C(C)C)c(F)c2)C(F)(F)C1. The van der Waals surface area contributed by atoms with Crippen molar-refractivity contribution >= 4 is 0 Å². The Balaban J connectivity index is 2.11. The van der Waals surface area contributed by atoms with E-state index in [2.05, 4.69) is 13.8 Å². The first-order valence-electron chi connectivity index (χ1n) is 8.60. The number of nitrogens with zero attached hydrogens (tertiary/aromatic N) is 1. The van der Waals surface area contributed by atoms with Gasteiger partial charge in [-0.05, 0) is 55.0 Å². The average Bonchev–Trinajstić information content (AvgIpc) is 2.43. The van der Waals surface area contributed by atoms with Crippen LogP contribution in [0.4, 0.5) is 13.2 Å². The van der Waals surface area contributed by atoms with E-state index in [0.29, 0.717) is 36.6 Å². The molecule has 2 rings (SSSR count). The highest BCUT2D eigenvalue weighted by molar-refractivity contribution is 5.30. The van der Waals surface area contributed by atoms with Crippen LogP contribution in [0.1, 0.15) is 63.5 Å². The molecule has 4 heteroatoms. The Kier molecular flexibility index (Phi) is 5.77. The van der Waals surface area contributed by atoms with Gasteiger partial charge in [-0.2, -0.15) is 0 Å². The molecule has 1 nitrogen and oxygen atoms in total. The lowest BCUT2D eigenvalue weighted by atomic mass is 9.85. The van der Waals surface area contributed by atoms with Crippen molar-refractivity contribution in [1.29, 1.82) is 0 Å². The predicted octanol–water partition coefficient (Wildman–Crippen LogP) is 5.42. The minimum absolute atomic E-state index is 0.0578. The zero-order valence-electron chi connectivity index (χ0n) is 14.6. The molecule has 1 aromatic carbocycles. The first-order chi connectivity index (χ1) is 10.7. The van der Waals surface area contributed by atoms with Gasteiger partial charge in [0.2, 0.25) is 0 Å². The van der Waals surface area contributed by atoms with Gasteiger partial charge in [0.1, 0.15) is 5.82 Å². The van der Waals surface area contributed by atoms with Crippen LogP contribution in [-0.4, -0.2) is 30.5 Å². The van der Waals surface area contributed by atoms with Gasteiger partial charge in [-0.1, -0.05) is 39.8 Å². The molecule has 130 valence electrons. The fourth-order valence-corrected chi connectivity index (χ4v) is 3.28. The van der Waals surface area contributed by atoms with Crippen LogP contribution in [0.15, 0.2) is 18.2 Å². The lowest BCUT2D eigenvalue weighted by Gasteiger charge is -2.39. The van der Waals surface area contributed by atoms with Gasteiger partial charge in [0.15, 0.2) is 0 Å². The molecule has 0 saturated carbocycles. The van der Waals surface area contributed by atoms with Gasteiger partial charge in [0.25, 0.3) is 5.92 Å². The normalized spacial score (nSPS) is 22.0. The fraction of sp³-hybridized carbons (Fsp3) is 0.684. The standard InChI is InChI=1S/C19H28F3N/c1-13(2)7-9-23-10-8-17(19(21,22)12-23)15-5-6-16(14(3)4)18(20)11-15/h5-6,11,13-14,17H,7-10,12H2,1-4H3/t17-/m0/s1. The third-order valence-electron chi connectivity index (χ3n) is 4.75. The summed E-state index contributed by atoms with van der Waals surface area (Å²) >= 11 is 0. The van der Waals surface area contributed by atoms with E-state index in [1.165, 1.54) is 6.07 Å². The maximum absolute atomic E-state index is 14.6. The summed E-state index contributed by atoms with van der Waals surface area (Å²) in [6, 6.07) is 4.66. The number of rotatable bonds is 5. The van der Waals surface area contributed by atoms with E-state index >= 15 is 0 Å². The molecule has 1 fully saturated rings. The highest BCUT2D eigenvalue weighted by Gasteiger charge is 2.45. The summed E-state index contributed by atoms with van der Waals surface area (Å²) in [5.74, 6) is -3.48. The van der Waals surface area contributed by atoms with Crippen LogP contribution < -0.4 is 0 Å². The van der Waals surface area contributed by atoms with Crippen molar-refractivity contribution in [2.24, 2.45) is 5.92 Å². The van der Waals surface area contributed by atoms with E-state index < -0.39 is 11.8 Å². The van der Waals surface area contributed by atoms with Crippen molar-refractivity contribution in [2.45, 2.75) is 58.3 Å². The Morgan fingerprint density at radius 2 is 1.91 bits per heavy atom. The van der Waals surface area contributed by atoms with Gasteiger partial charge in [-0.15, -0.1) is 0 Å². The molecule has 0 radical (unpaired) electrons. The van der Waals surface area contributed by atoms with E-state index in [-0.39, 0.29) is 18.3 Å². The average molecular weight is 327 g/mol. The Labute approximate surface area is 137 Å². The minimum atomic E-state index is -2.80. The zero-order valence-corrected chi connectivity index (χ0v) is 14.6. The largest absolute Gasteiger partial charge is 0.297 e. The maximum atomic E-state index is 14.6. The summed E-state index contributed by atoms with van der Waals surface area (Å²) in [6.07, 6.45) is 1.31. The summed E-state index contributed by atoms with van der Waals surface area (Å²) in [4.78, 5) is 1.84. The van der Waals surface area contributed by atoms with Crippen molar-refractivity contribution < 1.29 is 13.2 Å². The van der Waals surface area contributed by atoms with Crippen LogP contribution in [0.5, 0.6) is 0 Å². The van der Waals surface area contributed by atoms with Crippen molar-refractivity contribution in [1.82, 2.24) is 4.90 Å². The molecule has 0 amide bonds. The van der Waals surface area contributed by atoms with Gasteiger partial charge in [-0.3, -0.25) is 4.90 Å². The third kappa shape index (κ3) is 4.50. The van der Waals surface area contributed by atoms with Gasteiger partial charge >= 0.3 is 0 Å². The molecule has 0 spiro atoms. The van der Waals surface area contributed by atoms with Gasteiger partial charge in [0, 0.05) is 0 Å². The molecule has 0 unspecified atom stereocenters. The number of likely N-dealkylation sites (tertiary alicyclic amines) is 1. The van der Waals surface area contributed by atoms with Gasteiger partial charge < -0.3 is 0 Å². The summed E-state index contributed by atoms with van der Waals surface area (Å²) in [6.45, 7) is 9.15. The van der Waals surface area contributed by atoms with Crippen LogP contribution in [0.25, 0.3) is 0 Å². The second-order valence-corrected chi connectivity index (χ2v) is 7.50. The fourth-order valence-electron chi connectivity index (χ4n) is 3.28. The van der Waals surface area contributed by atoms with Crippen LogP contribution >= 0.6 is 0 Å². The van der Waals surface area contributed by atoms with Crippen molar-refractivity contribution in [3.8, 4) is 0 Å². The third-order valence-corrected chi connectivity index (χ3v) is 4.75. The molecule has 1 aliphatic rings. The molecular weight excluding hydrogens is 299 g/mol. The molecule has 0 bridgehead atoms. The number of hydrogen-bond acceptors (Lipinski definition) is 1. The highest BCUT2D eigenvalue weighted by atomic mass is 19.3. The van der Waals surface area contributed by atoms with E-state index in [9.17, 15) is 13.2 Å². The van der Waals surface area contributed by atoms with Gasteiger partial charge in [-0.25, -0.2) is 13.2 Å². The lowest BCUT2D eigenvalue weighted by Crippen LogP contribution is -2.47. The van der Waals surface area contributed by atoms with Crippen molar-refractivity contribution in [3.05, 3.63) is 35.1 Å². The second-order valence-electron chi connectivity index (χ2n) is 7.50. The Hall–Kier alpha value is -1.03.